The Labute approximate surface area is 208 Å². The number of carbonyl (C=O) groups excluding carboxylic acids is 1. The average molecular weight is 483 g/mol. The van der Waals surface area contributed by atoms with Gasteiger partial charge in [-0.05, 0) is 42.0 Å². The predicted octanol–water partition coefficient (Wildman–Crippen LogP) is 5.86. The highest BCUT2D eigenvalue weighted by atomic mass is 16.5. The summed E-state index contributed by atoms with van der Waals surface area (Å²) < 4.78 is 10.9. The number of carboxylic acid groups (broad SMARTS) is 1. The fourth-order valence-corrected chi connectivity index (χ4v) is 4.31. The van der Waals surface area contributed by atoms with Gasteiger partial charge in [0, 0.05) is 11.1 Å². The first kappa shape index (κ1) is 23.4. The quantitative estimate of drug-likeness (QED) is 0.326. The lowest BCUT2D eigenvalue weighted by Gasteiger charge is -2.11. The van der Waals surface area contributed by atoms with Crippen molar-refractivity contribution in [3.63, 3.8) is 0 Å². The maximum absolute atomic E-state index is 12.2. The van der Waals surface area contributed by atoms with Gasteiger partial charge in [0.25, 0.3) is 0 Å². The van der Waals surface area contributed by atoms with Crippen molar-refractivity contribution in [1.82, 2.24) is 10.5 Å². The number of amides is 1. The van der Waals surface area contributed by atoms with Crippen molar-refractivity contribution in [3.8, 4) is 22.5 Å². The molecule has 1 aromatic heterocycles. The van der Waals surface area contributed by atoms with Crippen LogP contribution < -0.4 is 5.32 Å². The van der Waals surface area contributed by atoms with Crippen molar-refractivity contribution in [2.45, 2.75) is 38.3 Å². The van der Waals surface area contributed by atoms with Crippen molar-refractivity contribution in [2.24, 2.45) is 0 Å². The number of nitrogens with zero attached hydrogens (tertiary/aromatic N) is 1. The van der Waals surface area contributed by atoms with Crippen molar-refractivity contribution in [1.29, 1.82) is 0 Å². The van der Waals surface area contributed by atoms with Crippen LogP contribution in [0.2, 0.25) is 0 Å². The summed E-state index contributed by atoms with van der Waals surface area (Å²) in [6, 6.07) is 25.1. The van der Waals surface area contributed by atoms with E-state index >= 15 is 0 Å². The first-order valence-corrected chi connectivity index (χ1v) is 11.8. The van der Waals surface area contributed by atoms with Crippen molar-refractivity contribution in [3.05, 3.63) is 101 Å². The summed E-state index contributed by atoms with van der Waals surface area (Å²) in [5.41, 5.74) is 5.39. The topological polar surface area (TPSA) is 102 Å². The molecule has 0 bridgehead atoms. The van der Waals surface area contributed by atoms with E-state index in [9.17, 15) is 14.7 Å². The zero-order valence-corrected chi connectivity index (χ0v) is 19.9. The van der Waals surface area contributed by atoms with Crippen LogP contribution >= 0.6 is 0 Å². The highest BCUT2D eigenvalue weighted by molar-refractivity contribution is 5.85. The Bertz CT molecular complexity index is 1370. The number of benzene rings is 3. The number of aromatic nitrogens is 1. The number of carbonyl (C=O) groups is 2. The minimum Gasteiger partial charge on any atom is -0.481 e. The third-order valence-electron chi connectivity index (χ3n) is 6.68. The van der Waals surface area contributed by atoms with Gasteiger partial charge in [-0.25, -0.2) is 4.79 Å². The number of alkyl carbamates (subject to hydrolysis) is 1. The van der Waals surface area contributed by atoms with Crippen LogP contribution in [0.4, 0.5) is 4.79 Å². The van der Waals surface area contributed by atoms with Crippen LogP contribution in [0, 0.1) is 6.92 Å². The zero-order valence-electron chi connectivity index (χ0n) is 19.9. The van der Waals surface area contributed by atoms with E-state index in [1.165, 1.54) is 0 Å². The standard InChI is InChI=1S/C29H26N2O5/c1-19-25(17-30-28(34)35-18-20-5-3-2-4-6-20)26(36-31-19)23-9-7-21(8-10-23)22-11-13-24(14-12-22)29(15-16-29)27(32)33/h2-14H,15-18H2,1H3,(H,30,34)(H,32,33). The number of ether oxygens (including phenoxy) is 1. The molecule has 1 saturated carbocycles. The lowest BCUT2D eigenvalue weighted by Crippen LogP contribution is -2.24. The van der Waals surface area contributed by atoms with Gasteiger partial charge in [0.1, 0.15) is 6.61 Å². The van der Waals surface area contributed by atoms with Gasteiger partial charge < -0.3 is 19.7 Å². The zero-order chi connectivity index (χ0) is 25.1. The molecular formula is C29H26N2O5. The summed E-state index contributed by atoms with van der Waals surface area (Å²) in [4.78, 5) is 23.8. The normalized spacial score (nSPS) is 13.7. The summed E-state index contributed by atoms with van der Waals surface area (Å²) >= 11 is 0. The fraction of sp³-hybridized carbons (Fsp3) is 0.207. The lowest BCUT2D eigenvalue weighted by atomic mass is 9.93. The van der Waals surface area contributed by atoms with Gasteiger partial charge in [-0.15, -0.1) is 0 Å². The summed E-state index contributed by atoms with van der Waals surface area (Å²) in [5, 5.41) is 16.4. The predicted molar refractivity (Wildman–Crippen MR) is 134 cm³/mol. The minimum atomic E-state index is -0.753. The van der Waals surface area contributed by atoms with E-state index in [0.717, 1.165) is 33.4 Å². The van der Waals surface area contributed by atoms with E-state index in [-0.39, 0.29) is 13.2 Å². The van der Waals surface area contributed by atoms with Crippen molar-refractivity contribution >= 4 is 12.1 Å². The van der Waals surface area contributed by atoms with Gasteiger partial charge >= 0.3 is 12.1 Å². The van der Waals surface area contributed by atoms with Gasteiger partial charge in [0.15, 0.2) is 5.76 Å². The second-order valence-electron chi connectivity index (χ2n) is 9.03. The van der Waals surface area contributed by atoms with Gasteiger partial charge in [-0.1, -0.05) is 84.0 Å². The van der Waals surface area contributed by atoms with E-state index < -0.39 is 17.5 Å². The Balaban J connectivity index is 1.25. The fourth-order valence-electron chi connectivity index (χ4n) is 4.31. The summed E-state index contributed by atoms with van der Waals surface area (Å²) in [6.07, 6.45) is 0.865. The van der Waals surface area contributed by atoms with Gasteiger partial charge in [0.2, 0.25) is 0 Å². The Kier molecular flexibility index (Phi) is 6.29. The van der Waals surface area contributed by atoms with Crippen LogP contribution in [-0.4, -0.2) is 22.3 Å². The largest absolute Gasteiger partial charge is 0.481 e. The molecule has 7 nitrogen and oxygen atoms in total. The van der Waals surface area contributed by atoms with Gasteiger partial charge in [-0.3, -0.25) is 4.79 Å². The number of carboxylic acids is 1. The first-order chi connectivity index (χ1) is 17.5. The van der Waals surface area contributed by atoms with Crippen LogP contribution in [-0.2, 0) is 28.1 Å². The van der Waals surface area contributed by atoms with E-state index in [1.807, 2.05) is 85.8 Å². The number of aryl methyl sites for hydroxylation is 1. The molecule has 2 N–H and O–H groups in total. The molecule has 0 aliphatic heterocycles. The minimum absolute atomic E-state index is 0.196. The summed E-state index contributed by atoms with van der Waals surface area (Å²) in [5.74, 6) is -0.161. The molecule has 0 saturated heterocycles. The lowest BCUT2D eigenvalue weighted by molar-refractivity contribution is -0.140. The monoisotopic (exact) mass is 482 g/mol. The van der Waals surface area contributed by atoms with Gasteiger partial charge in [0.05, 0.1) is 17.7 Å². The van der Waals surface area contributed by atoms with Crippen LogP contribution in [0.15, 0.2) is 83.4 Å². The molecule has 3 aromatic carbocycles. The number of rotatable bonds is 8. The van der Waals surface area contributed by atoms with Crippen LogP contribution in [0.25, 0.3) is 22.5 Å². The third kappa shape index (κ3) is 4.73. The number of nitrogens with one attached hydrogen (secondary N) is 1. The van der Waals surface area contributed by atoms with E-state index in [0.29, 0.717) is 24.3 Å². The average Bonchev–Trinajstić information content (AvgIpc) is 3.65. The van der Waals surface area contributed by atoms with Crippen LogP contribution in [0.3, 0.4) is 0 Å². The molecule has 0 unspecified atom stereocenters. The molecule has 1 fully saturated rings. The molecule has 4 aromatic rings. The third-order valence-corrected chi connectivity index (χ3v) is 6.68. The van der Waals surface area contributed by atoms with Crippen molar-refractivity contribution < 1.29 is 24.0 Å². The number of hydrogen-bond acceptors (Lipinski definition) is 5. The highest BCUT2D eigenvalue weighted by Gasteiger charge is 2.51. The second-order valence-corrected chi connectivity index (χ2v) is 9.03. The maximum atomic E-state index is 12.2. The molecule has 1 heterocycles. The molecule has 1 amide bonds. The molecular weight excluding hydrogens is 456 g/mol. The van der Waals surface area contributed by atoms with Gasteiger partial charge in [-0.2, -0.15) is 0 Å². The molecule has 5 rings (SSSR count). The molecule has 1 aliphatic carbocycles. The van der Waals surface area contributed by atoms with E-state index in [1.54, 1.807) is 0 Å². The Morgan fingerprint density at radius 3 is 2.17 bits per heavy atom. The van der Waals surface area contributed by atoms with E-state index in [2.05, 4.69) is 10.5 Å². The maximum Gasteiger partial charge on any atom is 0.407 e. The molecule has 36 heavy (non-hydrogen) atoms. The van der Waals surface area contributed by atoms with Crippen LogP contribution in [0.5, 0.6) is 0 Å². The van der Waals surface area contributed by atoms with Crippen LogP contribution in [0.1, 0.15) is 35.2 Å². The summed E-state index contributed by atoms with van der Waals surface area (Å²) in [7, 11) is 0. The molecule has 1 aliphatic rings. The number of aliphatic carboxylic acids is 1. The molecule has 7 heteroatoms. The number of hydrogen-bond donors (Lipinski definition) is 2. The molecule has 0 spiro atoms. The van der Waals surface area contributed by atoms with E-state index in [4.69, 9.17) is 9.26 Å². The summed E-state index contributed by atoms with van der Waals surface area (Å²) in [6.45, 7) is 2.26. The first-order valence-electron chi connectivity index (χ1n) is 11.8. The second kappa shape index (κ2) is 9.70. The Morgan fingerprint density at radius 2 is 1.56 bits per heavy atom. The highest BCUT2D eigenvalue weighted by Crippen LogP contribution is 2.48. The molecule has 0 radical (unpaired) electrons. The smallest absolute Gasteiger partial charge is 0.407 e. The Hall–Kier alpha value is -4.39. The SMILES string of the molecule is Cc1noc(-c2ccc(-c3ccc(C4(C(=O)O)CC4)cc3)cc2)c1CNC(=O)OCc1ccccc1. The Morgan fingerprint density at radius 1 is 0.944 bits per heavy atom. The van der Waals surface area contributed by atoms with Crippen molar-refractivity contribution in [2.75, 3.05) is 0 Å². The molecule has 0 atom stereocenters. The molecule has 182 valence electrons.